The van der Waals surface area contributed by atoms with Gasteiger partial charge in [0.1, 0.15) is 18.1 Å². The molecule has 1 aromatic heterocycles. The van der Waals surface area contributed by atoms with Gasteiger partial charge in [-0.3, -0.25) is 4.79 Å². The summed E-state index contributed by atoms with van der Waals surface area (Å²) in [6.07, 6.45) is 0. The lowest BCUT2D eigenvalue weighted by Gasteiger charge is -2.08. The number of carbonyl (C=O) groups is 2. The number of Topliss-reactive ketones (excluding diaryl/α,β-unsaturated/α-hetero) is 1. The second-order valence-corrected chi connectivity index (χ2v) is 6.51. The summed E-state index contributed by atoms with van der Waals surface area (Å²) < 4.78 is 15.9. The first kappa shape index (κ1) is 19.6. The Bertz CT molecular complexity index is 992. The van der Waals surface area contributed by atoms with Crippen molar-refractivity contribution in [2.24, 2.45) is 0 Å². The van der Waals surface area contributed by atoms with Crippen LogP contribution in [-0.4, -0.2) is 23.5 Å². The number of ether oxygens (including phenoxy) is 2. The van der Waals surface area contributed by atoms with E-state index in [4.69, 9.17) is 25.6 Å². The second-order valence-electron chi connectivity index (χ2n) is 6.10. The molecule has 0 aliphatic rings. The molecular formula is C21H18ClNO5. The SMILES string of the molecule is Cc1noc(C)c1COc1cccc(C(=O)OCC(=O)c2ccccc2Cl)c1. The van der Waals surface area contributed by atoms with Gasteiger partial charge >= 0.3 is 5.97 Å². The molecule has 6 nitrogen and oxygen atoms in total. The van der Waals surface area contributed by atoms with Crippen LogP contribution in [0.25, 0.3) is 0 Å². The van der Waals surface area contributed by atoms with Crippen LogP contribution in [0.5, 0.6) is 5.75 Å². The number of nitrogens with zero attached hydrogens (tertiary/aromatic N) is 1. The number of carbonyl (C=O) groups excluding carboxylic acids is 2. The molecule has 0 aliphatic carbocycles. The Labute approximate surface area is 167 Å². The van der Waals surface area contributed by atoms with Crippen LogP contribution in [0.3, 0.4) is 0 Å². The molecule has 28 heavy (non-hydrogen) atoms. The van der Waals surface area contributed by atoms with Crippen molar-refractivity contribution in [3.63, 3.8) is 0 Å². The lowest BCUT2D eigenvalue weighted by Crippen LogP contribution is -2.14. The summed E-state index contributed by atoms with van der Waals surface area (Å²) in [5, 5.41) is 4.19. The van der Waals surface area contributed by atoms with E-state index in [9.17, 15) is 9.59 Å². The van der Waals surface area contributed by atoms with Crippen molar-refractivity contribution in [1.82, 2.24) is 5.16 Å². The highest BCUT2D eigenvalue weighted by molar-refractivity contribution is 6.34. The molecule has 0 aliphatic heterocycles. The molecule has 0 saturated carbocycles. The van der Waals surface area contributed by atoms with Gasteiger partial charge in [0.2, 0.25) is 5.78 Å². The van der Waals surface area contributed by atoms with E-state index in [2.05, 4.69) is 5.16 Å². The van der Waals surface area contributed by atoms with Crippen molar-refractivity contribution in [2.45, 2.75) is 20.5 Å². The molecule has 0 radical (unpaired) electrons. The van der Waals surface area contributed by atoms with E-state index in [1.54, 1.807) is 48.5 Å². The van der Waals surface area contributed by atoms with Crippen LogP contribution in [0.2, 0.25) is 5.02 Å². The summed E-state index contributed by atoms with van der Waals surface area (Å²) in [7, 11) is 0. The Hall–Kier alpha value is -3.12. The lowest BCUT2D eigenvalue weighted by atomic mass is 10.1. The van der Waals surface area contributed by atoms with E-state index in [1.165, 1.54) is 0 Å². The summed E-state index contributed by atoms with van der Waals surface area (Å²) in [6.45, 7) is 3.51. The van der Waals surface area contributed by atoms with Crippen LogP contribution in [0.15, 0.2) is 53.1 Å². The third-order valence-corrected chi connectivity index (χ3v) is 4.47. The highest BCUT2D eigenvalue weighted by atomic mass is 35.5. The van der Waals surface area contributed by atoms with Gasteiger partial charge in [0.25, 0.3) is 0 Å². The lowest BCUT2D eigenvalue weighted by molar-refractivity contribution is 0.0474. The zero-order chi connectivity index (χ0) is 20.1. The van der Waals surface area contributed by atoms with Crippen molar-refractivity contribution >= 4 is 23.4 Å². The highest BCUT2D eigenvalue weighted by Gasteiger charge is 2.15. The van der Waals surface area contributed by atoms with Gasteiger partial charge in [-0.2, -0.15) is 0 Å². The van der Waals surface area contributed by atoms with Crippen LogP contribution in [0.1, 0.15) is 37.7 Å². The van der Waals surface area contributed by atoms with E-state index >= 15 is 0 Å². The number of ketones is 1. The van der Waals surface area contributed by atoms with Crippen LogP contribution < -0.4 is 4.74 Å². The Morgan fingerprint density at radius 1 is 1.11 bits per heavy atom. The first-order valence-corrected chi connectivity index (χ1v) is 8.93. The molecule has 3 aromatic rings. The zero-order valence-electron chi connectivity index (χ0n) is 15.4. The van der Waals surface area contributed by atoms with Crippen molar-refractivity contribution in [3.05, 3.63) is 81.7 Å². The number of rotatable bonds is 7. The molecule has 0 N–H and O–H groups in total. The van der Waals surface area contributed by atoms with E-state index in [0.717, 1.165) is 11.3 Å². The highest BCUT2D eigenvalue weighted by Crippen LogP contribution is 2.19. The smallest absolute Gasteiger partial charge is 0.338 e. The molecule has 144 valence electrons. The van der Waals surface area contributed by atoms with Gasteiger partial charge in [-0.05, 0) is 44.2 Å². The van der Waals surface area contributed by atoms with Crippen molar-refractivity contribution in [3.8, 4) is 5.75 Å². The molecule has 0 atom stereocenters. The predicted molar refractivity (Wildman–Crippen MR) is 103 cm³/mol. The maximum Gasteiger partial charge on any atom is 0.338 e. The van der Waals surface area contributed by atoms with Crippen LogP contribution in [-0.2, 0) is 11.3 Å². The minimum Gasteiger partial charge on any atom is -0.489 e. The topological polar surface area (TPSA) is 78.6 Å². The summed E-state index contributed by atoms with van der Waals surface area (Å²) in [4.78, 5) is 24.4. The van der Waals surface area contributed by atoms with Crippen LogP contribution >= 0.6 is 11.6 Å². The maximum absolute atomic E-state index is 12.3. The quantitative estimate of drug-likeness (QED) is 0.428. The summed E-state index contributed by atoms with van der Waals surface area (Å²) in [5.74, 6) is 0.186. The fraction of sp³-hybridized carbons (Fsp3) is 0.190. The maximum atomic E-state index is 12.3. The van der Waals surface area contributed by atoms with E-state index < -0.39 is 12.6 Å². The summed E-state index contributed by atoms with van der Waals surface area (Å²) in [6, 6.07) is 13.2. The molecule has 3 rings (SSSR count). The van der Waals surface area contributed by atoms with Gasteiger partial charge in [-0.25, -0.2) is 4.79 Å². The van der Waals surface area contributed by atoms with Gasteiger partial charge in [0, 0.05) is 5.56 Å². The minimum atomic E-state index is -0.622. The number of esters is 1. The largest absolute Gasteiger partial charge is 0.489 e. The first-order valence-electron chi connectivity index (χ1n) is 8.55. The van der Waals surface area contributed by atoms with Gasteiger partial charge in [-0.1, -0.05) is 35.0 Å². The standard InChI is InChI=1S/C21H18ClNO5/c1-13-18(14(2)28-23-13)11-26-16-7-5-6-15(10-16)21(25)27-12-20(24)17-8-3-4-9-19(17)22/h3-10H,11-12H2,1-2H3. The molecule has 0 saturated heterocycles. The molecule has 7 heteroatoms. The molecule has 0 amide bonds. The number of halogens is 1. The average Bonchev–Trinajstić information content (AvgIpc) is 3.02. The third-order valence-electron chi connectivity index (χ3n) is 4.14. The molecule has 0 fully saturated rings. The normalized spacial score (nSPS) is 10.5. The third kappa shape index (κ3) is 4.58. The number of hydrogen-bond acceptors (Lipinski definition) is 6. The summed E-state index contributed by atoms with van der Waals surface area (Å²) in [5.41, 5.74) is 2.21. The molecule has 0 bridgehead atoms. The molecule has 0 unspecified atom stereocenters. The van der Waals surface area contributed by atoms with E-state index in [-0.39, 0.29) is 18.0 Å². The minimum absolute atomic E-state index is 0.269. The zero-order valence-corrected chi connectivity index (χ0v) is 16.2. The van der Waals surface area contributed by atoms with E-state index in [1.807, 2.05) is 13.8 Å². The molecule has 2 aromatic carbocycles. The second kappa shape index (κ2) is 8.71. The fourth-order valence-electron chi connectivity index (χ4n) is 2.56. The fourth-order valence-corrected chi connectivity index (χ4v) is 2.80. The molecule has 0 spiro atoms. The van der Waals surface area contributed by atoms with Crippen molar-refractivity contribution < 1.29 is 23.6 Å². The van der Waals surface area contributed by atoms with Gasteiger partial charge in [-0.15, -0.1) is 0 Å². The van der Waals surface area contributed by atoms with E-state index in [0.29, 0.717) is 22.1 Å². The van der Waals surface area contributed by atoms with Gasteiger partial charge < -0.3 is 14.0 Å². The van der Waals surface area contributed by atoms with Gasteiger partial charge in [0.15, 0.2) is 6.61 Å². The van der Waals surface area contributed by atoms with Gasteiger partial charge in [0.05, 0.1) is 21.8 Å². The molecular weight excluding hydrogens is 382 g/mol. The number of aromatic nitrogens is 1. The number of hydrogen-bond donors (Lipinski definition) is 0. The van der Waals surface area contributed by atoms with Crippen molar-refractivity contribution in [2.75, 3.05) is 6.61 Å². The van der Waals surface area contributed by atoms with Crippen molar-refractivity contribution in [1.29, 1.82) is 0 Å². The Morgan fingerprint density at radius 3 is 2.61 bits per heavy atom. The Kier molecular flexibility index (Phi) is 6.11. The van der Waals surface area contributed by atoms with Crippen LogP contribution in [0, 0.1) is 13.8 Å². The van der Waals surface area contributed by atoms with Crippen LogP contribution in [0.4, 0.5) is 0 Å². The average molecular weight is 400 g/mol. The Balaban J connectivity index is 1.61. The number of benzene rings is 2. The molecule has 1 heterocycles. The monoisotopic (exact) mass is 399 g/mol. The first-order chi connectivity index (χ1) is 13.5. The Morgan fingerprint density at radius 2 is 1.89 bits per heavy atom. The number of aryl methyl sites for hydroxylation is 2. The summed E-state index contributed by atoms with van der Waals surface area (Å²) >= 11 is 5.98. The predicted octanol–water partition coefficient (Wildman–Crippen LogP) is 4.56.